The first-order chi connectivity index (χ1) is 13.2. The van der Waals surface area contributed by atoms with E-state index in [2.05, 4.69) is 78.9 Å². The molecule has 28 heavy (non-hydrogen) atoms. The van der Waals surface area contributed by atoms with Crippen LogP contribution in [0.1, 0.15) is 22.3 Å². The van der Waals surface area contributed by atoms with Crippen molar-refractivity contribution in [1.29, 1.82) is 0 Å². The van der Waals surface area contributed by atoms with Crippen molar-refractivity contribution in [2.24, 2.45) is 16.9 Å². The summed E-state index contributed by atoms with van der Waals surface area (Å²) in [6, 6.07) is 17.0. The van der Waals surface area contributed by atoms with Crippen molar-refractivity contribution in [1.82, 2.24) is 0 Å². The normalized spacial score (nSPS) is 23.0. The molecule has 0 aliphatic heterocycles. The van der Waals surface area contributed by atoms with Crippen LogP contribution in [-0.4, -0.2) is 23.9 Å². The third kappa shape index (κ3) is 1.99. The molecular formula is C25H18N2Sn. The molecule has 4 radical (unpaired) electrons. The summed E-state index contributed by atoms with van der Waals surface area (Å²) in [4.78, 5) is 0. The van der Waals surface area contributed by atoms with Crippen molar-refractivity contribution in [3.05, 3.63) is 118 Å². The van der Waals surface area contributed by atoms with E-state index in [-0.39, 0.29) is 23.9 Å². The van der Waals surface area contributed by atoms with Crippen molar-refractivity contribution in [3.63, 3.8) is 0 Å². The van der Waals surface area contributed by atoms with Gasteiger partial charge in [0.25, 0.3) is 0 Å². The summed E-state index contributed by atoms with van der Waals surface area (Å²) >= 11 is 0. The minimum absolute atomic E-state index is 0. The molecule has 0 heterocycles. The Kier molecular flexibility index (Phi) is 3.65. The Morgan fingerprint density at radius 3 is 1.93 bits per heavy atom. The molecule has 2 aromatic rings. The van der Waals surface area contributed by atoms with Gasteiger partial charge in [0, 0.05) is 23.9 Å². The van der Waals surface area contributed by atoms with E-state index in [1.807, 2.05) is 6.08 Å². The third-order valence-corrected chi connectivity index (χ3v) is 6.18. The minimum atomic E-state index is -0.518. The van der Waals surface area contributed by atoms with E-state index in [0.717, 1.165) is 0 Å². The van der Waals surface area contributed by atoms with Gasteiger partial charge in [0.15, 0.2) is 0 Å². The molecule has 4 aliphatic carbocycles. The second kappa shape index (κ2) is 5.89. The van der Waals surface area contributed by atoms with Gasteiger partial charge < -0.3 is 11.5 Å². The first-order valence-corrected chi connectivity index (χ1v) is 9.21. The molecule has 0 fully saturated rings. The molecule has 4 N–H and O–H groups in total. The number of hydrogen-bond acceptors (Lipinski definition) is 2. The number of hydrogen-bond donors (Lipinski definition) is 2. The van der Waals surface area contributed by atoms with Crippen LogP contribution < -0.4 is 11.5 Å². The van der Waals surface area contributed by atoms with Crippen molar-refractivity contribution in [2.45, 2.75) is 0 Å². The van der Waals surface area contributed by atoms with Gasteiger partial charge in [0.05, 0.1) is 16.8 Å². The second-order valence-electron chi connectivity index (χ2n) is 7.47. The Hall–Kier alpha value is -2.72. The molecule has 1 spiro atoms. The number of allylic oxidation sites excluding steroid dienone is 6. The van der Waals surface area contributed by atoms with E-state index in [1.54, 1.807) is 0 Å². The predicted molar refractivity (Wildman–Crippen MR) is 118 cm³/mol. The maximum absolute atomic E-state index is 6.72. The molecule has 0 bridgehead atoms. The van der Waals surface area contributed by atoms with E-state index in [0.29, 0.717) is 11.4 Å². The van der Waals surface area contributed by atoms with E-state index in [4.69, 9.17) is 11.5 Å². The average Bonchev–Trinajstić information content (AvgIpc) is 3.26. The fourth-order valence-corrected chi connectivity index (χ4v) is 4.93. The molecule has 0 aromatic heterocycles. The third-order valence-electron chi connectivity index (χ3n) is 6.18. The van der Waals surface area contributed by atoms with Crippen LogP contribution in [0, 0.1) is 5.41 Å². The summed E-state index contributed by atoms with van der Waals surface area (Å²) in [5.41, 5.74) is 23.8. The van der Waals surface area contributed by atoms with Crippen LogP contribution >= 0.6 is 0 Å². The minimum Gasteiger partial charge on any atom is -0.399 e. The van der Waals surface area contributed by atoms with Crippen LogP contribution in [0.15, 0.2) is 95.4 Å². The quantitative estimate of drug-likeness (QED) is 0.572. The molecule has 0 amide bonds. The van der Waals surface area contributed by atoms with Crippen molar-refractivity contribution < 1.29 is 0 Å². The predicted octanol–water partition coefficient (Wildman–Crippen LogP) is 4.27. The fourth-order valence-electron chi connectivity index (χ4n) is 4.93. The Labute approximate surface area is 181 Å². The Morgan fingerprint density at radius 2 is 1.25 bits per heavy atom. The Morgan fingerprint density at radius 1 is 0.679 bits per heavy atom. The topological polar surface area (TPSA) is 52.0 Å². The molecule has 3 heteroatoms. The van der Waals surface area contributed by atoms with Gasteiger partial charge in [0.2, 0.25) is 0 Å². The fraction of sp³-hybridized carbons (Fsp3) is 0.0400. The van der Waals surface area contributed by atoms with E-state index in [9.17, 15) is 0 Å². The number of rotatable bonds is 0. The zero-order valence-corrected chi connectivity index (χ0v) is 18.1. The zero-order chi connectivity index (χ0) is 18.2. The summed E-state index contributed by atoms with van der Waals surface area (Å²) in [6.45, 7) is 0. The molecular weight excluding hydrogens is 447 g/mol. The van der Waals surface area contributed by atoms with Crippen LogP contribution in [-0.2, 0) is 0 Å². The molecule has 132 valence electrons. The van der Waals surface area contributed by atoms with Gasteiger partial charge in [-0.2, -0.15) is 0 Å². The molecule has 0 saturated heterocycles. The van der Waals surface area contributed by atoms with Gasteiger partial charge in [-0.25, -0.2) is 0 Å². The van der Waals surface area contributed by atoms with Crippen LogP contribution in [0.2, 0.25) is 0 Å². The number of benzene rings is 2. The van der Waals surface area contributed by atoms with Gasteiger partial charge in [0.1, 0.15) is 0 Å². The van der Waals surface area contributed by atoms with E-state index >= 15 is 0 Å². The Balaban J connectivity index is 0.00000171. The standard InChI is InChI=1S/C25H18N2.Sn/c26-23-14-20-18-9-4-2-7-16(18)13-22(20)25(24(23)27)11-5-10-19-17-8-3-1-6-15(17)12-21(19)25;/h1-14H,26-27H2;. The summed E-state index contributed by atoms with van der Waals surface area (Å²) in [5.74, 6) is 0. The summed E-state index contributed by atoms with van der Waals surface area (Å²) in [7, 11) is 0. The number of nitrogens with two attached hydrogens (primary N) is 2. The molecule has 4 aliphatic rings. The molecule has 1 atom stereocenters. The first kappa shape index (κ1) is 17.4. The van der Waals surface area contributed by atoms with Gasteiger partial charge in [-0.05, 0) is 62.8 Å². The van der Waals surface area contributed by atoms with E-state index in [1.165, 1.54) is 44.5 Å². The monoisotopic (exact) mass is 466 g/mol. The van der Waals surface area contributed by atoms with Gasteiger partial charge in [-0.1, -0.05) is 66.8 Å². The molecule has 1 unspecified atom stereocenters. The van der Waals surface area contributed by atoms with Crippen molar-refractivity contribution >= 4 is 47.2 Å². The number of fused-ring (bicyclic) bond motifs is 8. The van der Waals surface area contributed by atoms with Gasteiger partial charge >= 0.3 is 0 Å². The van der Waals surface area contributed by atoms with Gasteiger partial charge in [-0.3, -0.25) is 0 Å². The summed E-state index contributed by atoms with van der Waals surface area (Å²) in [6.07, 6.45) is 13.1. The zero-order valence-electron chi connectivity index (χ0n) is 15.2. The summed E-state index contributed by atoms with van der Waals surface area (Å²) < 4.78 is 0. The van der Waals surface area contributed by atoms with Crippen molar-refractivity contribution in [2.75, 3.05) is 0 Å². The molecule has 2 aromatic carbocycles. The van der Waals surface area contributed by atoms with Crippen molar-refractivity contribution in [3.8, 4) is 0 Å². The van der Waals surface area contributed by atoms with Crippen LogP contribution in [0.5, 0.6) is 0 Å². The smallest absolute Gasteiger partial charge is 0.0813 e. The SMILES string of the molecule is NC1=C(N)C2(C=CC=C3C2=Cc2ccccc23)C2=Cc3ccccc3C2=C1.[Sn]. The average molecular weight is 465 g/mol. The van der Waals surface area contributed by atoms with Gasteiger partial charge in [-0.15, -0.1) is 0 Å². The molecule has 6 rings (SSSR count). The first-order valence-electron chi connectivity index (χ1n) is 9.21. The Bertz CT molecular complexity index is 1230. The second-order valence-corrected chi connectivity index (χ2v) is 7.47. The van der Waals surface area contributed by atoms with Crippen LogP contribution in [0.4, 0.5) is 0 Å². The summed E-state index contributed by atoms with van der Waals surface area (Å²) in [5, 5.41) is 0. The molecule has 0 saturated carbocycles. The van der Waals surface area contributed by atoms with E-state index < -0.39 is 5.41 Å². The largest absolute Gasteiger partial charge is 0.399 e. The maximum Gasteiger partial charge on any atom is 0.0813 e. The maximum atomic E-state index is 6.72. The molecule has 2 nitrogen and oxygen atoms in total. The van der Waals surface area contributed by atoms with Crippen LogP contribution in [0.25, 0.3) is 23.3 Å². The van der Waals surface area contributed by atoms with Crippen LogP contribution in [0.3, 0.4) is 0 Å².